The highest BCUT2D eigenvalue weighted by Crippen LogP contribution is 2.10. The zero-order chi connectivity index (χ0) is 11.5. The van der Waals surface area contributed by atoms with Crippen LogP contribution in [0.1, 0.15) is 5.69 Å². The predicted octanol–water partition coefficient (Wildman–Crippen LogP) is -0.0134. The van der Waals surface area contributed by atoms with Gasteiger partial charge in [0.1, 0.15) is 11.6 Å². The van der Waals surface area contributed by atoms with E-state index in [4.69, 9.17) is 11.5 Å². The first-order chi connectivity index (χ1) is 7.63. The van der Waals surface area contributed by atoms with Crippen LogP contribution < -0.4 is 16.8 Å². The number of hydrogen-bond acceptors (Lipinski definition) is 6. The Hall–Kier alpha value is -2.31. The molecule has 7 nitrogen and oxygen atoms in total. The van der Waals surface area contributed by atoms with Crippen LogP contribution >= 0.6 is 0 Å². The first-order valence-electron chi connectivity index (χ1n) is 4.76. The molecule has 0 aliphatic heterocycles. The summed E-state index contributed by atoms with van der Waals surface area (Å²) >= 11 is 0. The Morgan fingerprint density at radius 2 is 2.19 bits per heavy atom. The number of nitrogens with two attached hydrogens (primary N) is 2. The maximum atomic E-state index is 5.54. The summed E-state index contributed by atoms with van der Waals surface area (Å²) in [6.45, 7) is 0.566. The minimum Gasteiger partial charge on any atom is -0.383 e. The van der Waals surface area contributed by atoms with Gasteiger partial charge in [0.15, 0.2) is 0 Å². The molecule has 0 amide bonds. The molecule has 0 aliphatic rings. The van der Waals surface area contributed by atoms with Crippen LogP contribution in [-0.2, 0) is 13.6 Å². The van der Waals surface area contributed by atoms with E-state index in [2.05, 4.69) is 20.4 Å². The fourth-order valence-corrected chi connectivity index (χ4v) is 1.31. The summed E-state index contributed by atoms with van der Waals surface area (Å²) in [5, 5.41) is 7.29. The summed E-state index contributed by atoms with van der Waals surface area (Å²) in [7, 11) is 1.87. The Morgan fingerprint density at radius 1 is 1.38 bits per heavy atom. The number of nitrogens with one attached hydrogen (secondary N) is 1. The van der Waals surface area contributed by atoms with Gasteiger partial charge in [0.05, 0.1) is 12.2 Å². The summed E-state index contributed by atoms with van der Waals surface area (Å²) in [5.74, 6) is 1.09. The zero-order valence-electron chi connectivity index (χ0n) is 8.88. The molecule has 2 aromatic heterocycles. The van der Waals surface area contributed by atoms with Crippen LogP contribution in [0.2, 0.25) is 0 Å². The van der Waals surface area contributed by atoms with E-state index in [0.717, 1.165) is 5.69 Å². The van der Waals surface area contributed by atoms with Crippen molar-refractivity contribution in [3.63, 3.8) is 0 Å². The second kappa shape index (κ2) is 4.05. The van der Waals surface area contributed by atoms with Crippen molar-refractivity contribution in [3.05, 3.63) is 24.0 Å². The van der Waals surface area contributed by atoms with Crippen LogP contribution in [0.25, 0.3) is 0 Å². The Balaban J connectivity index is 2.04. The third-order valence-electron chi connectivity index (χ3n) is 1.98. The number of aromatic nitrogens is 4. The fourth-order valence-electron chi connectivity index (χ4n) is 1.31. The zero-order valence-corrected chi connectivity index (χ0v) is 8.88. The molecule has 2 heterocycles. The molecular formula is C9H13N7. The maximum Gasteiger partial charge on any atom is 0.223 e. The smallest absolute Gasteiger partial charge is 0.223 e. The summed E-state index contributed by atoms with van der Waals surface area (Å²) in [5.41, 5.74) is 11.9. The molecular weight excluding hydrogens is 206 g/mol. The van der Waals surface area contributed by atoms with Crippen molar-refractivity contribution in [2.24, 2.45) is 7.05 Å². The van der Waals surface area contributed by atoms with E-state index in [1.807, 2.05) is 19.3 Å². The number of hydrogen-bond donors (Lipinski definition) is 3. The summed E-state index contributed by atoms with van der Waals surface area (Å²) in [6, 6.07) is 3.54. The van der Waals surface area contributed by atoms with Crippen molar-refractivity contribution in [2.45, 2.75) is 6.54 Å². The molecule has 0 unspecified atom stereocenters. The monoisotopic (exact) mass is 219 g/mol. The second-order valence-corrected chi connectivity index (χ2v) is 3.37. The number of nitrogens with zero attached hydrogens (tertiary/aromatic N) is 4. The minimum atomic E-state index is 0.156. The quantitative estimate of drug-likeness (QED) is 0.670. The highest BCUT2D eigenvalue weighted by atomic mass is 15.3. The van der Waals surface area contributed by atoms with Crippen LogP contribution in [0.4, 0.5) is 17.6 Å². The van der Waals surface area contributed by atoms with E-state index in [0.29, 0.717) is 18.2 Å². The third kappa shape index (κ3) is 2.38. The van der Waals surface area contributed by atoms with E-state index in [1.165, 1.54) is 0 Å². The van der Waals surface area contributed by atoms with Gasteiger partial charge in [-0.3, -0.25) is 4.68 Å². The molecule has 0 bridgehead atoms. The molecule has 0 aromatic carbocycles. The molecule has 2 aromatic rings. The van der Waals surface area contributed by atoms with Gasteiger partial charge in [0.2, 0.25) is 5.95 Å². The number of anilines is 3. The highest BCUT2D eigenvalue weighted by molar-refractivity contribution is 5.48. The molecule has 0 fully saturated rings. The largest absolute Gasteiger partial charge is 0.383 e. The Bertz CT molecular complexity index is 470. The molecule has 0 saturated carbocycles. The van der Waals surface area contributed by atoms with Gasteiger partial charge in [-0.1, -0.05) is 0 Å². The summed E-state index contributed by atoms with van der Waals surface area (Å²) in [6.07, 6.45) is 1.87. The van der Waals surface area contributed by atoms with Gasteiger partial charge in [-0.05, 0) is 6.07 Å². The number of nitrogen functional groups attached to an aromatic ring is 2. The van der Waals surface area contributed by atoms with Crippen molar-refractivity contribution in [3.8, 4) is 0 Å². The lowest BCUT2D eigenvalue weighted by Gasteiger charge is -2.04. The first-order valence-corrected chi connectivity index (χ1v) is 4.76. The van der Waals surface area contributed by atoms with Crippen LogP contribution in [0.3, 0.4) is 0 Å². The average Bonchev–Trinajstić information content (AvgIpc) is 2.60. The van der Waals surface area contributed by atoms with Crippen LogP contribution in [0.15, 0.2) is 18.3 Å². The van der Waals surface area contributed by atoms with Gasteiger partial charge >= 0.3 is 0 Å². The molecule has 16 heavy (non-hydrogen) atoms. The lowest BCUT2D eigenvalue weighted by molar-refractivity contribution is 0.747. The van der Waals surface area contributed by atoms with Gasteiger partial charge in [0, 0.05) is 19.3 Å². The normalized spacial score (nSPS) is 10.3. The Labute approximate surface area is 92.5 Å². The molecule has 2 rings (SSSR count). The van der Waals surface area contributed by atoms with Crippen LogP contribution in [0, 0.1) is 0 Å². The van der Waals surface area contributed by atoms with E-state index >= 15 is 0 Å². The molecule has 0 aliphatic carbocycles. The van der Waals surface area contributed by atoms with Crippen LogP contribution in [-0.4, -0.2) is 19.7 Å². The van der Waals surface area contributed by atoms with Crippen molar-refractivity contribution >= 4 is 17.6 Å². The minimum absolute atomic E-state index is 0.156. The first kappa shape index (κ1) is 10.2. The molecule has 0 spiro atoms. The molecule has 0 radical (unpaired) electrons. The van der Waals surface area contributed by atoms with Gasteiger partial charge in [-0.25, -0.2) is 0 Å². The van der Waals surface area contributed by atoms with Gasteiger partial charge < -0.3 is 16.8 Å². The van der Waals surface area contributed by atoms with E-state index in [-0.39, 0.29) is 5.95 Å². The maximum absolute atomic E-state index is 5.54. The lowest BCUT2D eigenvalue weighted by Crippen LogP contribution is -2.06. The Kier molecular flexibility index (Phi) is 2.59. The average molecular weight is 219 g/mol. The molecule has 5 N–H and O–H groups in total. The Morgan fingerprint density at radius 3 is 2.81 bits per heavy atom. The van der Waals surface area contributed by atoms with E-state index in [1.54, 1.807) is 10.7 Å². The standard InChI is InChI=1S/C9H13N7/c1-16-3-2-6(15-16)5-12-8-4-7(10)13-9(11)14-8/h2-4H,5H2,1H3,(H5,10,11,12,13,14). The SMILES string of the molecule is Cn1ccc(CNc2cc(N)nc(N)n2)n1. The van der Waals surface area contributed by atoms with Gasteiger partial charge in [-0.2, -0.15) is 15.1 Å². The molecule has 84 valence electrons. The van der Waals surface area contributed by atoms with Crippen LogP contribution in [0.5, 0.6) is 0 Å². The van der Waals surface area contributed by atoms with Crippen molar-refractivity contribution in [2.75, 3.05) is 16.8 Å². The van der Waals surface area contributed by atoms with Gasteiger partial charge in [0.25, 0.3) is 0 Å². The highest BCUT2D eigenvalue weighted by Gasteiger charge is 2.01. The van der Waals surface area contributed by atoms with Crippen molar-refractivity contribution in [1.82, 2.24) is 19.7 Å². The molecule has 7 heteroatoms. The fraction of sp³-hybridized carbons (Fsp3) is 0.222. The number of aryl methyl sites for hydroxylation is 1. The lowest BCUT2D eigenvalue weighted by atomic mass is 10.4. The second-order valence-electron chi connectivity index (χ2n) is 3.37. The number of rotatable bonds is 3. The molecule has 0 atom stereocenters. The summed E-state index contributed by atoms with van der Waals surface area (Å²) in [4.78, 5) is 7.77. The molecule has 0 saturated heterocycles. The summed E-state index contributed by atoms with van der Waals surface area (Å²) < 4.78 is 1.74. The van der Waals surface area contributed by atoms with E-state index < -0.39 is 0 Å². The van der Waals surface area contributed by atoms with E-state index in [9.17, 15) is 0 Å². The van der Waals surface area contributed by atoms with Crippen molar-refractivity contribution < 1.29 is 0 Å². The predicted molar refractivity (Wildman–Crippen MR) is 61.4 cm³/mol. The van der Waals surface area contributed by atoms with Gasteiger partial charge in [-0.15, -0.1) is 0 Å². The third-order valence-corrected chi connectivity index (χ3v) is 1.98. The topological polar surface area (TPSA) is 108 Å². The van der Waals surface area contributed by atoms with Crippen molar-refractivity contribution in [1.29, 1.82) is 0 Å².